The fourth-order valence-corrected chi connectivity index (χ4v) is 5.98. The van der Waals surface area contributed by atoms with Crippen LogP contribution in [0.25, 0.3) is 0 Å². The highest BCUT2D eigenvalue weighted by atomic mass is 35.5. The average molecular weight is 478 g/mol. The lowest BCUT2D eigenvalue weighted by atomic mass is 10.0. The molecular weight excluding hydrogens is 453 g/mol. The van der Waals surface area contributed by atoms with Gasteiger partial charge in [0.05, 0.1) is 14.9 Å². The van der Waals surface area contributed by atoms with Crippen molar-refractivity contribution in [1.29, 1.82) is 0 Å². The molecular formula is C23H25Cl2N3O2S. The number of nitrogens with one attached hydrogen (secondary N) is 1. The van der Waals surface area contributed by atoms with Gasteiger partial charge in [0.25, 0.3) is 5.91 Å². The van der Waals surface area contributed by atoms with Gasteiger partial charge in [-0.1, -0.05) is 42.3 Å². The van der Waals surface area contributed by atoms with Crippen molar-refractivity contribution in [1.82, 2.24) is 9.80 Å². The Morgan fingerprint density at radius 1 is 1.06 bits per heavy atom. The Kier molecular flexibility index (Phi) is 6.70. The molecule has 0 bridgehead atoms. The molecule has 2 aromatic carbocycles. The van der Waals surface area contributed by atoms with E-state index in [1.165, 1.54) is 5.56 Å². The molecule has 0 saturated carbocycles. The predicted molar refractivity (Wildman–Crippen MR) is 128 cm³/mol. The van der Waals surface area contributed by atoms with Gasteiger partial charge < -0.3 is 15.1 Å². The summed E-state index contributed by atoms with van der Waals surface area (Å²) in [6.45, 7) is 4.00. The van der Waals surface area contributed by atoms with Crippen molar-refractivity contribution in [2.24, 2.45) is 0 Å². The van der Waals surface area contributed by atoms with Crippen molar-refractivity contribution in [3.8, 4) is 0 Å². The summed E-state index contributed by atoms with van der Waals surface area (Å²) in [5.41, 5.74) is 2.55. The van der Waals surface area contributed by atoms with Crippen molar-refractivity contribution < 1.29 is 9.59 Å². The van der Waals surface area contributed by atoms with Gasteiger partial charge in [0.15, 0.2) is 0 Å². The van der Waals surface area contributed by atoms with Gasteiger partial charge in [-0.2, -0.15) is 0 Å². The monoisotopic (exact) mass is 477 g/mol. The van der Waals surface area contributed by atoms with Crippen LogP contribution in [0.1, 0.15) is 35.7 Å². The molecule has 164 valence electrons. The molecule has 0 unspecified atom stereocenters. The molecule has 2 aromatic rings. The van der Waals surface area contributed by atoms with Crippen LogP contribution in [0.2, 0.25) is 10.0 Å². The number of amides is 3. The maximum atomic E-state index is 13.2. The number of carbonyl (C=O) groups excluding carboxylic acids is 2. The minimum atomic E-state index is -0.276. The van der Waals surface area contributed by atoms with Crippen LogP contribution in [0.3, 0.4) is 0 Å². The molecule has 4 rings (SSSR count). The first-order chi connectivity index (χ1) is 14.9. The van der Waals surface area contributed by atoms with Gasteiger partial charge in [0.1, 0.15) is 0 Å². The number of anilines is 1. The van der Waals surface area contributed by atoms with E-state index in [4.69, 9.17) is 23.2 Å². The molecule has 0 atom stereocenters. The molecule has 2 fully saturated rings. The van der Waals surface area contributed by atoms with Gasteiger partial charge >= 0.3 is 6.03 Å². The predicted octanol–water partition coefficient (Wildman–Crippen LogP) is 5.77. The number of piperidine rings is 1. The van der Waals surface area contributed by atoms with Crippen molar-refractivity contribution in [3.63, 3.8) is 0 Å². The molecule has 5 nitrogen and oxygen atoms in total. The first-order valence-electron chi connectivity index (χ1n) is 10.5. The highest BCUT2D eigenvalue weighted by Crippen LogP contribution is 2.44. The van der Waals surface area contributed by atoms with Crippen LogP contribution in [0.4, 0.5) is 10.5 Å². The summed E-state index contributed by atoms with van der Waals surface area (Å²) < 4.78 is 0. The number of hydrogen-bond acceptors (Lipinski definition) is 3. The third kappa shape index (κ3) is 4.66. The zero-order valence-electron chi connectivity index (χ0n) is 17.4. The summed E-state index contributed by atoms with van der Waals surface area (Å²) in [4.78, 5) is 29.5. The number of nitrogens with zero attached hydrogens (tertiary/aromatic N) is 2. The summed E-state index contributed by atoms with van der Waals surface area (Å²) in [5.74, 6) is 0.862. The zero-order chi connectivity index (χ0) is 22.0. The molecule has 3 amide bonds. The van der Waals surface area contributed by atoms with Crippen LogP contribution >= 0.6 is 35.0 Å². The third-order valence-electron chi connectivity index (χ3n) is 6.01. The van der Waals surface area contributed by atoms with Gasteiger partial charge in [0.2, 0.25) is 0 Å². The minimum absolute atomic E-state index is 0.0298. The number of benzene rings is 2. The normalized spacial score (nSPS) is 17.8. The molecule has 2 aliphatic heterocycles. The highest BCUT2D eigenvalue weighted by molar-refractivity contribution is 8.00. The molecule has 8 heteroatoms. The number of halogens is 2. The lowest BCUT2D eigenvalue weighted by Crippen LogP contribution is -2.54. The van der Waals surface area contributed by atoms with Gasteiger partial charge in [0, 0.05) is 36.6 Å². The van der Waals surface area contributed by atoms with E-state index in [2.05, 4.69) is 18.3 Å². The van der Waals surface area contributed by atoms with Crippen LogP contribution in [-0.4, -0.2) is 52.0 Å². The first-order valence-corrected chi connectivity index (χ1v) is 12.2. The van der Waals surface area contributed by atoms with E-state index in [1.54, 1.807) is 18.2 Å². The topological polar surface area (TPSA) is 52.7 Å². The number of rotatable bonds is 3. The quantitative estimate of drug-likeness (QED) is 0.610. The summed E-state index contributed by atoms with van der Waals surface area (Å²) in [7, 11) is 0. The number of urea groups is 1. The molecule has 31 heavy (non-hydrogen) atoms. The van der Waals surface area contributed by atoms with Crippen LogP contribution in [0.5, 0.6) is 0 Å². The molecule has 1 N–H and O–H groups in total. The van der Waals surface area contributed by atoms with Gasteiger partial charge in [-0.15, -0.1) is 11.8 Å². The molecule has 2 heterocycles. The number of hydrogen-bond donors (Lipinski definition) is 1. The van der Waals surface area contributed by atoms with E-state index < -0.39 is 0 Å². The zero-order valence-corrected chi connectivity index (χ0v) is 19.7. The van der Waals surface area contributed by atoms with Crippen molar-refractivity contribution in [2.45, 2.75) is 31.1 Å². The van der Waals surface area contributed by atoms with Crippen molar-refractivity contribution >= 4 is 52.6 Å². The van der Waals surface area contributed by atoms with E-state index >= 15 is 0 Å². The Bertz CT molecular complexity index is 993. The lowest BCUT2D eigenvalue weighted by Gasteiger charge is -2.44. The molecule has 1 spiro atoms. The molecule has 0 aliphatic carbocycles. The van der Waals surface area contributed by atoms with Crippen molar-refractivity contribution in [2.75, 3.05) is 30.7 Å². The summed E-state index contributed by atoms with van der Waals surface area (Å²) in [5, 5.41) is 3.83. The second-order valence-electron chi connectivity index (χ2n) is 7.85. The fourth-order valence-electron chi connectivity index (χ4n) is 4.23. The first kappa shape index (κ1) is 22.3. The maximum absolute atomic E-state index is 13.2. The second-order valence-corrected chi connectivity index (χ2v) is 10.1. The van der Waals surface area contributed by atoms with Crippen LogP contribution < -0.4 is 5.32 Å². The van der Waals surface area contributed by atoms with Gasteiger partial charge in [-0.25, -0.2) is 4.79 Å². The Hall–Kier alpha value is -1.89. The maximum Gasteiger partial charge on any atom is 0.321 e. The summed E-state index contributed by atoms with van der Waals surface area (Å²) in [6, 6.07) is 12.9. The van der Waals surface area contributed by atoms with Crippen LogP contribution in [0, 0.1) is 0 Å². The molecule has 2 aliphatic rings. The molecule has 0 radical (unpaired) electrons. The highest BCUT2D eigenvalue weighted by Gasteiger charge is 2.47. The number of thioether (sulfide) groups is 1. The Morgan fingerprint density at radius 3 is 2.55 bits per heavy atom. The van der Waals surface area contributed by atoms with E-state index in [9.17, 15) is 9.59 Å². The smallest absolute Gasteiger partial charge is 0.321 e. The Morgan fingerprint density at radius 2 is 1.84 bits per heavy atom. The molecule has 2 saturated heterocycles. The number of carbonyl (C=O) groups is 2. The second kappa shape index (κ2) is 9.31. The van der Waals surface area contributed by atoms with Gasteiger partial charge in [-0.05, 0) is 55.2 Å². The molecule has 0 aromatic heterocycles. The number of likely N-dealkylation sites (tertiary alicyclic amines) is 1. The van der Waals surface area contributed by atoms with Crippen LogP contribution in [0.15, 0.2) is 42.5 Å². The minimum Gasteiger partial charge on any atom is -0.324 e. The van der Waals surface area contributed by atoms with Crippen molar-refractivity contribution in [3.05, 3.63) is 63.6 Å². The van der Waals surface area contributed by atoms with Gasteiger partial charge in [-0.3, -0.25) is 4.79 Å². The standard InChI is InChI=1S/C23H25Cl2N3O2S/c1-2-16-4-3-5-18(14-16)26-22(30)27-10-8-23(9-11-27)28(12-13-31-23)21(29)17-6-7-19(24)20(25)15-17/h3-7,14-15H,2,8-13H2,1H3,(H,26,30). The lowest BCUT2D eigenvalue weighted by molar-refractivity contribution is 0.0585. The Labute approximate surface area is 197 Å². The van der Waals surface area contributed by atoms with E-state index in [-0.39, 0.29) is 16.8 Å². The SMILES string of the molecule is CCc1cccc(NC(=O)N2CCC3(CC2)SCCN3C(=O)c2ccc(Cl)c(Cl)c2)c1. The van der Waals surface area contributed by atoms with Crippen LogP contribution in [-0.2, 0) is 6.42 Å². The summed E-state index contributed by atoms with van der Waals surface area (Å²) in [6.07, 6.45) is 2.41. The third-order valence-corrected chi connectivity index (χ3v) is 8.30. The summed E-state index contributed by atoms with van der Waals surface area (Å²) >= 11 is 13.9. The van der Waals surface area contributed by atoms with E-state index in [1.807, 2.05) is 39.8 Å². The Balaban J connectivity index is 1.41. The average Bonchev–Trinajstić information content (AvgIpc) is 3.18. The fraction of sp³-hybridized carbons (Fsp3) is 0.391. The number of aryl methyl sites for hydroxylation is 1. The van der Waals surface area contributed by atoms with E-state index in [0.29, 0.717) is 35.2 Å². The van der Waals surface area contributed by atoms with E-state index in [0.717, 1.165) is 30.7 Å². The largest absolute Gasteiger partial charge is 0.324 e.